The van der Waals surface area contributed by atoms with Crippen molar-refractivity contribution in [2.24, 2.45) is 4.99 Å². The smallest absolute Gasteiger partial charge is 0.330 e. The van der Waals surface area contributed by atoms with Crippen LogP contribution in [0.25, 0.3) is 11.3 Å². The van der Waals surface area contributed by atoms with Crippen molar-refractivity contribution in [1.29, 1.82) is 0 Å². The molecule has 1 aliphatic rings. The van der Waals surface area contributed by atoms with Crippen molar-refractivity contribution in [1.82, 2.24) is 24.4 Å². The summed E-state index contributed by atoms with van der Waals surface area (Å²) in [6.45, 7) is 9.30. The molecule has 0 spiro atoms. The fourth-order valence-electron chi connectivity index (χ4n) is 5.37. The number of aromatic nitrogens is 4. The number of fused-ring (bicyclic) bond motifs is 3. The first kappa shape index (κ1) is 27.8. The molecule has 4 aromatic rings. The molecule has 0 unspecified atom stereocenters. The summed E-state index contributed by atoms with van der Waals surface area (Å²) < 4.78 is 14.7. The first-order valence-electron chi connectivity index (χ1n) is 13.6. The molecule has 0 saturated heterocycles. The summed E-state index contributed by atoms with van der Waals surface area (Å²) in [6, 6.07) is 9.95. The van der Waals surface area contributed by atoms with Gasteiger partial charge in [-0.05, 0) is 62.9 Å². The topological polar surface area (TPSA) is 135 Å². The Bertz CT molecular complexity index is 1800. The number of amides is 1. The van der Waals surface area contributed by atoms with E-state index in [1.54, 1.807) is 16.2 Å². The highest BCUT2D eigenvalue weighted by Gasteiger charge is 2.23. The van der Waals surface area contributed by atoms with Gasteiger partial charge in [-0.1, -0.05) is 17.7 Å². The van der Waals surface area contributed by atoms with E-state index in [9.17, 15) is 14.4 Å². The van der Waals surface area contributed by atoms with Gasteiger partial charge in [0.15, 0.2) is 11.5 Å². The molecule has 0 saturated carbocycles. The van der Waals surface area contributed by atoms with E-state index >= 15 is 0 Å². The number of carbonyl (C=O) groups excluding carboxylic acids is 1. The number of methoxy groups -OCH3 is 1. The minimum atomic E-state index is -0.465. The molecule has 214 valence electrons. The standard InChI is InChI=1S/C30H34N6O5/c1-6-41-25-13-20-7-9-35-23(21(20)14-24(25)40-5)15-26(34-27-18(3)11-17(2)12-19(27)4)36(30(35)39)10-8-31-28(37)22-16-32-29(38)33-22/h11-16H,6-10H2,1-5H3,(H,31,37)(H2,32,33,38). The lowest BCUT2D eigenvalue weighted by Gasteiger charge is -2.25. The van der Waals surface area contributed by atoms with Crippen molar-refractivity contribution in [3.8, 4) is 22.8 Å². The molecular formula is C30H34N6O5. The first-order valence-corrected chi connectivity index (χ1v) is 13.6. The van der Waals surface area contributed by atoms with Gasteiger partial charge in [-0.3, -0.25) is 13.9 Å². The molecule has 0 atom stereocenters. The molecule has 2 aromatic heterocycles. The largest absolute Gasteiger partial charge is 0.493 e. The van der Waals surface area contributed by atoms with Crippen LogP contribution in [0.4, 0.5) is 5.69 Å². The number of ether oxygens (including phenoxy) is 2. The van der Waals surface area contributed by atoms with Gasteiger partial charge in [0.1, 0.15) is 11.2 Å². The Kier molecular flexibility index (Phi) is 7.69. The second-order valence-corrected chi connectivity index (χ2v) is 10.1. The van der Waals surface area contributed by atoms with Crippen LogP contribution >= 0.6 is 0 Å². The number of aromatic amines is 2. The van der Waals surface area contributed by atoms with Crippen LogP contribution in [-0.4, -0.2) is 45.3 Å². The fraction of sp³-hybridized carbons (Fsp3) is 0.333. The van der Waals surface area contributed by atoms with Gasteiger partial charge < -0.3 is 24.8 Å². The highest BCUT2D eigenvalue weighted by Crippen LogP contribution is 2.37. The van der Waals surface area contributed by atoms with Crippen molar-refractivity contribution < 1.29 is 14.3 Å². The SMILES string of the molecule is CCOc1cc2c(cc1OC)-c1cc(=Nc3c(C)cc(C)cc3C)n(CCNC(=O)c3c[nH]c(=O)[nH]3)c(=O)n1CC2. The van der Waals surface area contributed by atoms with E-state index in [2.05, 4.69) is 27.4 Å². The number of imidazole rings is 1. The van der Waals surface area contributed by atoms with Crippen LogP contribution in [0.3, 0.4) is 0 Å². The Morgan fingerprint density at radius 3 is 2.49 bits per heavy atom. The molecular weight excluding hydrogens is 524 g/mol. The highest BCUT2D eigenvalue weighted by molar-refractivity contribution is 5.91. The number of nitrogens with zero attached hydrogens (tertiary/aromatic N) is 3. The van der Waals surface area contributed by atoms with Gasteiger partial charge in [-0.15, -0.1) is 0 Å². The maximum Gasteiger partial charge on any atom is 0.330 e. The van der Waals surface area contributed by atoms with Crippen molar-refractivity contribution in [3.05, 3.63) is 90.9 Å². The maximum absolute atomic E-state index is 14.0. The second kappa shape index (κ2) is 11.4. The average Bonchev–Trinajstić information content (AvgIpc) is 3.38. The number of benzene rings is 2. The number of hydrogen-bond donors (Lipinski definition) is 3. The molecule has 11 nitrogen and oxygen atoms in total. The molecule has 2 aromatic carbocycles. The third-order valence-corrected chi connectivity index (χ3v) is 7.19. The molecule has 41 heavy (non-hydrogen) atoms. The van der Waals surface area contributed by atoms with Gasteiger partial charge in [0.05, 0.1) is 25.1 Å². The van der Waals surface area contributed by atoms with E-state index in [1.807, 2.05) is 45.9 Å². The number of nitrogens with one attached hydrogen (secondary N) is 3. The molecule has 5 rings (SSSR count). The average molecular weight is 559 g/mol. The van der Waals surface area contributed by atoms with Crippen LogP contribution in [0, 0.1) is 20.8 Å². The van der Waals surface area contributed by atoms with Crippen molar-refractivity contribution in [3.63, 3.8) is 0 Å². The molecule has 3 N–H and O–H groups in total. The van der Waals surface area contributed by atoms with E-state index in [-0.39, 0.29) is 24.5 Å². The summed E-state index contributed by atoms with van der Waals surface area (Å²) in [5.41, 5.74) is 6.52. The Morgan fingerprint density at radius 1 is 1.07 bits per heavy atom. The summed E-state index contributed by atoms with van der Waals surface area (Å²) in [6.07, 6.45) is 1.96. The Labute approximate surface area is 236 Å². The quantitative estimate of drug-likeness (QED) is 0.306. The van der Waals surface area contributed by atoms with Crippen molar-refractivity contribution >= 4 is 11.6 Å². The van der Waals surface area contributed by atoms with Gasteiger partial charge in [0, 0.05) is 37.5 Å². The molecule has 0 fully saturated rings. The van der Waals surface area contributed by atoms with E-state index < -0.39 is 11.6 Å². The van der Waals surface area contributed by atoms with Crippen molar-refractivity contribution in [2.45, 2.75) is 47.2 Å². The van der Waals surface area contributed by atoms with Gasteiger partial charge >= 0.3 is 11.4 Å². The molecule has 1 aliphatic heterocycles. The van der Waals surface area contributed by atoms with Gasteiger partial charge in [-0.2, -0.15) is 0 Å². The van der Waals surface area contributed by atoms with Gasteiger partial charge in [-0.25, -0.2) is 14.6 Å². The molecule has 1 amide bonds. The molecule has 11 heteroatoms. The van der Waals surface area contributed by atoms with E-state index in [0.717, 1.165) is 39.2 Å². The zero-order valence-corrected chi connectivity index (χ0v) is 23.9. The number of H-pyrrole nitrogens is 2. The molecule has 3 heterocycles. The zero-order valence-electron chi connectivity index (χ0n) is 23.9. The number of aryl methyl sites for hydroxylation is 4. The minimum Gasteiger partial charge on any atom is -0.493 e. The summed E-state index contributed by atoms with van der Waals surface area (Å²) >= 11 is 0. The van der Waals surface area contributed by atoms with Crippen molar-refractivity contribution in [2.75, 3.05) is 20.3 Å². The van der Waals surface area contributed by atoms with Crippen LogP contribution < -0.4 is 31.7 Å². The normalized spacial score (nSPS) is 12.6. The van der Waals surface area contributed by atoms with Gasteiger partial charge in [0.2, 0.25) is 0 Å². The van der Waals surface area contributed by atoms with E-state index in [1.165, 1.54) is 6.20 Å². The van der Waals surface area contributed by atoms with Crippen LogP contribution in [-0.2, 0) is 19.5 Å². The fourth-order valence-corrected chi connectivity index (χ4v) is 5.37. The predicted molar refractivity (Wildman–Crippen MR) is 155 cm³/mol. The van der Waals surface area contributed by atoms with E-state index in [4.69, 9.17) is 14.5 Å². The first-order chi connectivity index (χ1) is 19.7. The molecule has 0 bridgehead atoms. The number of carbonyl (C=O) groups is 1. The third kappa shape index (κ3) is 5.47. The monoisotopic (exact) mass is 558 g/mol. The minimum absolute atomic E-state index is 0.120. The van der Waals surface area contributed by atoms with Gasteiger partial charge in [0.25, 0.3) is 5.91 Å². The Balaban J connectivity index is 1.63. The summed E-state index contributed by atoms with van der Waals surface area (Å²) in [5, 5.41) is 2.77. The summed E-state index contributed by atoms with van der Waals surface area (Å²) in [5.74, 6) is 0.820. The Hall–Kier alpha value is -4.80. The lowest BCUT2D eigenvalue weighted by molar-refractivity contribution is 0.0947. The van der Waals surface area contributed by atoms with Crippen LogP contribution in [0.5, 0.6) is 11.5 Å². The summed E-state index contributed by atoms with van der Waals surface area (Å²) in [4.78, 5) is 47.7. The lowest BCUT2D eigenvalue weighted by atomic mass is 9.97. The third-order valence-electron chi connectivity index (χ3n) is 7.19. The number of hydrogen-bond acceptors (Lipinski definition) is 6. The lowest BCUT2D eigenvalue weighted by Crippen LogP contribution is -2.44. The van der Waals surface area contributed by atoms with Crippen LogP contribution in [0.1, 0.15) is 39.7 Å². The molecule has 0 aliphatic carbocycles. The van der Waals surface area contributed by atoms with E-state index in [0.29, 0.717) is 36.6 Å². The summed E-state index contributed by atoms with van der Waals surface area (Å²) in [7, 11) is 1.60. The molecule has 0 radical (unpaired) electrons. The van der Waals surface area contributed by atoms with Crippen LogP contribution in [0.2, 0.25) is 0 Å². The van der Waals surface area contributed by atoms with Crippen LogP contribution in [0.15, 0.2) is 51.1 Å². The highest BCUT2D eigenvalue weighted by atomic mass is 16.5. The second-order valence-electron chi connectivity index (χ2n) is 10.1. The zero-order chi connectivity index (χ0) is 29.3. The number of rotatable bonds is 8. The predicted octanol–water partition coefficient (Wildman–Crippen LogP) is 2.88. The Morgan fingerprint density at radius 2 is 1.83 bits per heavy atom. The maximum atomic E-state index is 14.0.